The van der Waals surface area contributed by atoms with Crippen molar-refractivity contribution < 1.29 is 38.1 Å². The molecule has 0 N–H and O–H groups in total. The van der Waals surface area contributed by atoms with Crippen molar-refractivity contribution in [2.75, 3.05) is 0 Å². The number of nitrogens with zero attached hydrogens (tertiary/aromatic N) is 10. The molecule has 28 bridgehead atoms. The molecule has 8 aliphatic heterocycles. The minimum atomic E-state index is -0.898. The molecule has 17 aliphatic rings. The maximum Gasteiger partial charge on any atom is 0.284 e. The molecule has 9 aliphatic carbocycles. The Morgan fingerprint density at radius 1 is 0.232 bits per heavy atom. The predicted octanol–water partition coefficient (Wildman–Crippen LogP) is 28.3. The molecule has 0 unspecified atom stereocenters. The number of benzene rings is 11. The summed E-state index contributed by atoms with van der Waals surface area (Å²) in [5, 5.41) is 0. The normalized spacial score (nSPS) is 17.0. The van der Waals surface area contributed by atoms with Crippen LogP contribution in [0.25, 0.3) is 67.1 Å². The first-order chi connectivity index (χ1) is 66.9. The maximum atomic E-state index is 16.6. The van der Waals surface area contributed by atoms with Crippen molar-refractivity contribution >= 4 is 45.7 Å². The van der Waals surface area contributed by atoms with E-state index in [1.807, 2.05) is 72.8 Å². The summed E-state index contributed by atoms with van der Waals surface area (Å²) in [6, 6.07) is 69.0. The molecular formula is C124H120N10O8. The summed E-state index contributed by atoms with van der Waals surface area (Å²) in [4.78, 5) is 115. The number of imide groups is 2. The molecule has 0 fully saturated rings. The molecule has 0 spiro atoms. The lowest BCUT2D eigenvalue weighted by Crippen LogP contribution is -2.30. The largest absolute Gasteiger partial charge is 0.434 e. The van der Waals surface area contributed by atoms with E-state index >= 15 is 19.2 Å². The molecule has 0 saturated carbocycles. The van der Waals surface area contributed by atoms with Crippen LogP contribution >= 0.6 is 0 Å². The van der Waals surface area contributed by atoms with E-state index in [2.05, 4.69) is 287 Å². The van der Waals surface area contributed by atoms with Gasteiger partial charge >= 0.3 is 0 Å². The van der Waals surface area contributed by atoms with E-state index in [9.17, 15) is 0 Å². The van der Waals surface area contributed by atoms with Gasteiger partial charge in [-0.2, -0.15) is 0 Å². The zero-order valence-corrected chi connectivity index (χ0v) is 85.8. The second kappa shape index (κ2) is 31.6. The standard InChI is InChI=1S/C124H120N10O8/c1-117(2,3)69-37-65(38-70(49-69)118(4,5)6)45-77-81-53-85-79(47-67-41-73(121(13,14)15)51-74(42-67)122(16,17)18)87-55-83-78(46-66-39-71(119(7,8)9)50-72(40-66)120(10,11)12)84-56-88-80(48-68-43-75(123(19,20)21)52-76(44-68)124(22,23)24)86-54-82(77)90-58-98(86)140-110-112(128-96-32-28-26-30-94(96)126-110)142-100(88)60-92(84)104-102(90)130-106-108(132-104)116(138)134(114(106)136)62-64-35-33-63(34-36-64)61-133-113(135)105-107(115(133)137)131-103-91(83)59-99(87)141-111-109(125-93-29-25-27-31-95(93)127-111)139-97(85)57-89(81)101(103)129-105/h25-44,49-60,77-80H,45-48,61-62H2,1-24H3. The van der Waals surface area contributed by atoms with Gasteiger partial charge in [-0.05, 0) is 218 Å². The van der Waals surface area contributed by atoms with Crippen molar-refractivity contribution in [2.45, 2.75) is 272 Å². The van der Waals surface area contributed by atoms with Gasteiger partial charge in [0.2, 0.25) is 0 Å². The maximum absolute atomic E-state index is 16.6. The molecule has 15 aromatic rings. The molecule has 12 heterocycles. The Morgan fingerprint density at radius 3 is 0.613 bits per heavy atom. The van der Waals surface area contributed by atoms with E-state index in [1.54, 1.807) is 0 Å². The van der Waals surface area contributed by atoms with Gasteiger partial charge in [-0.15, -0.1) is 0 Å². The summed E-state index contributed by atoms with van der Waals surface area (Å²) in [5.74, 6) is -3.74. The monoisotopic (exact) mass is 1880 g/mol. The van der Waals surface area contributed by atoms with Crippen LogP contribution < -0.4 is 18.9 Å². The number of hydrogen-bond acceptors (Lipinski definition) is 16. The number of fused-ring (bicyclic) bond motifs is 4. The van der Waals surface area contributed by atoms with Crippen LogP contribution in [0.3, 0.4) is 0 Å². The van der Waals surface area contributed by atoms with Crippen molar-refractivity contribution in [3.8, 4) is 91.5 Å². The Hall–Kier alpha value is -14.3. The fourth-order valence-corrected chi connectivity index (χ4v) is 22.0. The van der Waals surface area contributed by atoms with Crippen LogP contribution in [0.15, 0.2) is 194 Å². The van der Waals surface area contributed by atoms with E-state index in [1.165, 1.54) is 32.1 Å². The third-order valence-corrected chi connectivity index (χ3v) is 30.5. The topological polar surface area (TPSA) is 215 Å². The summed E-state index contributed by atoms with van der Waals surface area (Å²) in [6.45, 7) is 54.2. The van der Waals surface area contributed by atoms with Crippen LogP contribution in [0.2, 0.25) is 0 Å². The van der Waals surface area contributed by atoms with Gasteiger partial charge < -0.3 is 18.9 Å². The lowest BCUT2D eigenvalue weighted by Gasteiger charge is -2.32. The van der Waals surface area contributed by atoms with Gasteiger partial charge in [0.15, 0.2) is 22.8 Å². The van der Waals surface area contributed by atoms with E-state index in [4.69, 9.17) is 58.8 Å². The first kappa shape index (κ1) is 91.5. The minimum Gasteiger partial charge on any atom is -0.434 e. The Morgan fingerprint density at radius 2 is 0.423 bits per heavy atom. The highest BCUT2D eigenvalue weighted by molar-refractivity contribution is 6.21. The van der Waals surface area contributed by atoms with Crippen molar-refractivity contribution in [3.63, 3.8) is 0 Å². The van der Waals surface area contributed by atoms with E-state index in [0.717, 1.165) is 89.0 Å². The van der Waals surface area contributed by atoms with Crippen LogP contribution in [-0.2, 0) is 82.1 Å². The summed E-state index contributed by atoms with van der Waals surface area (Å²) in [7, 11) is 0. The highest BCUT2D eigenvalue weighted by Crippen LogP contribution is 2.61. The first-order valence-corrected chi connectivity index (χ1v) is 50.1. The molecule has 4 amide bonds. The molecule has 4 aromatic heterocycles. The summed E-state index contributed by atoms with van der Waals surface area (Å²) in [6.07, 6.45) is 1.24. The van der Waals surface area contributed by atoms with Crippen LogP contribution in [0.1, 0.15) is 354 Å². The lowest BCUT2D eigenvalue weighted by molar-refractivity contribution is 0.0622. The quantitative estimate of drug-likeness (QED) is 0.129. The average molecular weight is 1880 g/mol. The molecular weight excluding hydrogens is 1760 g/mol. The Labute approximate surface area is 831 Å². The number of para-hydroxylation sites is 4. The van der Waals surface area contributed by atoms with Gasteiger partial charge in [0, 0.05) is 68.2 Å². The van der Waals surface area contributed by atoms with E-state index < -0.39 is 47.3 Å². The lowest BCUT2D eigenvalue weighted by atomic mass is 9.73. The molecule has 11 aromatic carbocycles. The number of amides is 4. The third kappa shape index (κ3) is 15.6. The van der Waals surface area contributed by atoms with Crippen molar-refractivity contribution in [1.82, 2.24) is 49.7 Å². The SMILES string of the molecule is CC(C)(C)c1cc(CC2c3cc4c5cc3Oc3nc6ccccc6nc3Oc3cc6c(cc32)C(Cc2cc(C(C)(C)C)cc(C(C)(C)C)c2)c2cc3c7cc2-c2nc8c(nc2-c2cc(c(cc2C4Cc2cc(C(C)(C)C)cc(C(C)(C)C)c2)C3Cc2cc(C(C)(C)C)cc(C(C)(C)C)c2)Oc2nc3ccccc3nc2O7)C(=O)N(Cc2ccc(cc2)CN2C(=O)c3nc-5c-6nc3C2=O)C8=O)cc(C(C)(C)C)c1. The average Bonchev–Trinajstić information content (AvgIpc) is 1.53. The third-order valence-electron chi connectivity index (χ3n) is 30.5. The molecule has 0 atom stereocenters. The van der Waals surface area contributed by atoms with Gasteiger partial charge in [-0.1, -0.05) is 312 Å². The Balaban J connectivity index is 0.989. The number of carbonyl (C=O) groups is 4. The van der Waals surface area contributed by atoms with Gasteiger partial charge in [0.25, 0.3) is 47.1 Å². The second-order valence-corrected chi connectivity index (χ2v) is 49.1. The number of hydrogen-bond donors (Lipinski definition) is 0. The van der Waals surface area contributed by atoms with E-state index in [0.29, 0.717) is 91.3 Å². The Bertz CT molecular complexity index is 7180. The van der Waals surface area contributed by atoms with Gasteiger partial charge in [-0.25, -0.2) is 39.9 Å². The molecule has 32 rings (SSSR count). The molecule has 142 heavy (non-hydrogen) atoms. The fraction of sp³-hybridized carbons (Fsp3) is 0.339. The van der Waals surface area contributed by atoms with Crippen molar-refractivity contribution in [3.05, 3.63) is 339 Å². The molecule has 18 heteroatoms. The second-order valence-electron chi connectivity index (χ2n) is 49.1. The predicted molar refractivity (Wildman–Crippen MR) is 558 cm³/mol. The van der Waals surface area contributed by atoms with Gasteiger partial charge in [0.1, 0.15) is 23.0 Å². The molecule has 0 saturated heterocycles. The summed E-state index contributed by atoms with van der Waals surface area (Å²) >= 11 is 0. The van der Waals surface area contributed by atoms with Gasteiger partial charge in [0.05, 0.1) is 57.9 Å². The minimum absolute atomic E-state index is 0.109. The smallest absolute Gasteiger partial charge is 0.284 e. The highest BCUT2D eigenvalue weighted by atomic mass is 16.5. The van der Waals surface area contributed by atoms with Crippen molar-refractivity contribution in [1.29, 1.82) is 0 Å². The zero-order chi connectivity index (χ0) is 99.7. The fourth-order valence-electron chi connectivity index (χ4n) is 22.0. The summed E-state index contributed by atoms with van der Waals surface area (Å²) in [5.41, 5.74) is 22.6. The molecule has 714 valence electrons. The highest BCUT2D eigenvalue weighted by Gasteiger charge is 2.48. The van der Waals surface area contributed by atoms with E-state index in [-0.39, 0.29) is 138 Å². The number of ether oxygens (including phenoxy) is 4. The van der Waals surface area contributed by atoms with Crippen LogP contribution in [0.5, 0.6) is 46.5 Å². The number of carbonyl (C=O) groups excluding carboxylic acids is 4. The number of rotatable bonds is 8. The van der Waals surface area contributed by atoms with Crippen LogP contribution in [0.4, 0.5) is 0 Å². The Kier molecular flexibility index (Phi) is 20.4. The van der Waals surface area contributed by atoms with Gasteiger partial charge in [-0.3, -0.25) is 29.0 Å². The van der Waals surface area contributed by atoms with Crippen molar-refractivity contribution in [2.24, 2.45) is 0 Å². The zero-order valence-electron chi connectivity index (χ0n) is 85.8. The van der Waals surface area contributed by atoms with Crippen LogP contribution in [-0.4, -0.2) is 73.3 Å². The first-order valence-electron chi connectivity index (χ1n) is 50.1. The number of aromatic nitrogens is 8. The summed E-state index contributed by atoms with van der Waals surface area (Å²) < 4.78 is 31.7. The molecule has 18 nitrogen and oxygen atoms in total. The molecule has 0 radical (unpaired) electrons. The van der Waals surface area contributed by atoms with Crippen LogP contribution in [0, 0.1) is 0 Å².